The number of alkyl halides is 1. The minimum atomic E-state index is 0.755. The van der Waals surface area contributed by atoms with Crippen molar-refractivity contribution < 1.29 is 0 Å². The van der Waals surface area contributed by atoms with Crippen LogP contribution in [0.3, 0.4) is 0 Å². The number of anilines is 1. The lowest BCUT2D eigenvalue weighted by Gasteiger charge is -2.34. The number of rotatable bonds is 3. The second-order valence-electron chi connectivity index (χ2n) is 4.25. The van der Waals surface area contributed by atoms with Crippen molar-refractivity contribution in [1.29, 1.82) is 0 Å². The topological polar surface area (TPSA) is 3.24 Å². The van der Waals surface area contributed by atoms with Crippen molar-refractivity contribution >= 4 is 45.0 Å². The second-order valence-corrected chi connectivity index (χ2v) is 6.66. The van der Waals surface area contributed by atoms with Crippen LogP contribution in [0.4, 0.5) is 5.69 Å². The van der Waals surface area contributed by atoms with Gasteiger partial charge in [0.2, 0.25) is 0 Å². The summed E-state index contributed by atoms with van der Waals surface area (Å²) in [7, 11) is 0. The Hall–Kier alpha value is 0.140. The fourth-order valence-electron chi connectivity index (χ4n) is 2.13. The highest BCUT2D eigenvalue weighted by molar-refractivity contribution is 9.08. The van der Waals surface area contributed by atoms with Gasteiger partial charge in [0.05, 0.1) is 0 Å². The first kappa shape index (κ1) is 13.6. The zero-order chi connectivity index (χ0) is 12.3. The van der Waals surface area contributed by atoms with E-state index >= 15 is 0 Å². The Morgan fingerprint density at radius 1 is 1.53 bits per heavy atom. The molecule has 0 bridgehead atoms. The number of hydrogen-bond donors (Lipinski definition) is 0. The summed E-state index contributed by atoms with van der Waals surface area (Å²) in [5.41, 5.74) is 2.63. The van der Waals surface area contributed by atoms with Crippen LogP contribution in [-0.4, -0.2) is 24.1 Å². The van der Waals surface area contributed by atoms with E-state index in [-0.39, 0.29) is 0 Å². The van der Waals surface area contributed by atoms with Gasteiger partial charge < -0.3 is 4.90 Å². The van der Waals surface area contributed by atoms with Gasteiger partial charge in [0.1, 0.15) is 0 Å². The van der Waals surface area contributed by atoms with Crippen LogP contribution >= 0.6 is 39.3 Å². The van der Waals surface area contributed by atoms with Gasteiger partial charge in [-0.2, -0.15) is 11.8 Å². The maximum Gasteiger partial charge on any atom is 0.0426 e. The van der Waals surface area contributed by atoms with Crippen molar-refractivity contribution in [1.82, 2.24) is 0 Å². The summed E-state index contributed by atoms with van der Waals surface area (Å²) in [6.07, 6.45) is 1.24. The van der Waals surface area contributed by atoms with Crippen LogP contribution in [0.2, 0.25) is 5.02 Å². The molecule has 1 aromatic carbocycles. The van der Waals surface area contributed by atoms with Gasteiger partial charge in [0.25, 0.3) is 0 Å². The van der Waals surface area contributed by atoms with Gasteiger partial charge in [-0.1, -0.05) is 40.5 Å². The predicted molar refractivity (Wildman–Crippen MR) is 82.8 cm³/mol. The first-order valence-corrected chi connectivity index (χ1v) is 8.50. The van der Waals surface area contributed by atoms with E-state index < -0.39 is 0 Å². The van der Waals surface area contributed by atoms with Crippen molar-refractivity contribution in [2.24, 2.45) is 0 Å². The summed E-state index contributed by atoms with van der Waals surface area (Å²) in [5, 5.41) is 2.47. The number of nitrogens with zero attached hydrogens (tertiary/aromatic N) is 1. The molecule has 0 aromatic heterocycles. The van der Waals surface area contributed by atoms with E-state index in [0.29, 0.717) is 0 Å². The van der Waals surface area contributed by atoms with Crippen LogP contribution in [0, 0.1) is 0 Å². The van der Waals surface area contributed by atoms with Crippen LogP contribution in [0.1, 0.15) is 18.9 Å². The van der Waals surface area contributed by atoms with Gasteiger partial charge in [-0.15, -0.1) is 0 Å². The quantitative estimate of drug-likeness (QED) is 0.745. The highest BCUT2D eigenvalue weighted by Crippen LogP contribution is 2.31. The van der Waals surface area contributed by atoms with Crippen LogP contribution in [0.15, 0.2) is 18.2 Å². The smallest absolute Gasteiger partial charge is 0.0426 e. The minimum Gasteiger partial charge on any atom is -0.369 e. The summed E-state index contributed by atoms with van der Waals surface area (Å²) >= 11 is 11.8. The van der Waals surface area contributed by atoms with E-state index in [9.17, 15) is 0 Å². The van der Waals surface area contributed by atoms with Crippen molar-refractivity contribution in [3.8, 4) is 0 Å². The van der Waals surface area contributed by atoms with E-state index in [1.807, 2.05) is 6.07 Å². The third kappa shape index (κ3) is 3.33. The zero-order valence-corrected chi connectivity index (χ0v) is 13.1. The minimum absolute atomic E-state index is 0.755. The van der Waals surface area contributed by atoms with E-state index in [1.54, 1.807) is 0 Å². The molecule has 1 fully saturated rings. The molecule has 0 spiro atoms. The van der Waals surface area contributed by atoms with Gasteiger partial charge in [0.15, 0.2) is 0 Å². The Bertz CT molecular complexity index is 386. The Morgan fingerprint density at radius 3 is 3.06 bits per heavy atom. The molecule has 0 radical (unpaired) electrons. The zero-order valence-electron chi connectivity index (χ0n) is 9.96. The number of benzene rings is 1. The highest BCUT2D eigenvalue weighted by Gasteiger charge is 2.20. The SMILES string of the molecule is CCC1CN(c2cc(Cl)ccc2CBr)CCS1. The Kier molecular flexibility index (Phi) is 5.07. The Balaban J connectivity index is 2.22. The van der Waals surface area contributed by atoms with E-state index in [0.717, 1.165) is 28.7 Å². The fraction of sp³-hybridized carbons (Fsp3) is 0.538. The van der Waals surface area contributed by atoms with Crippen molar-refractivity contribution in [2.75, 3.05) is 23.7 Å². The van der Waals surface area contributed by atoms with E-state index in [1.165, 1.54) is 23.4 Å². The average Bonchev–Trinajstić information content (AvgIpc) is 2.39. The largest absolute Gasteiger partial charge is 0.369 e. The van der Waals surface area contributed by atoms with Gasteiger partial charge in [-0.25, -0.2) is 0 Å². The molecule has 1 aliphatic rings. The molecule has 1 aromatic rings. The summed E-state index contributed by atoms with van der Waals surface area (Å²) in [4.78, 5) is 2.48. The molecule has 1 aliphatic heterocycles. The monoisotopic (exact) mass is 333 g/mol. The average molecular weight is 335 g/mol. The molecule has 0 N–H and O–H groups in total. The first-order chi connectivity index (χ1) is 8.24. The van der Waals surface area contributed by atoms with Gasteiger partial charge in [0, 0.05) is 40.1 Å². The molecule has 1 saturated heterocycles. The normalized spacial score (nSPS) is 20.6. The number of halogens is 2. The highest BCUT2D eigenvalue weighted by atomic mass is 79.9. The molecule has 0 aliphatic carbocycles. The van der Waals surface area contributed by atoms with Crippen molar-refractivity contribution in [3.63, 3.8) is 0 Å². The molecule has 1 atom stereocenters. The summed E-state index contributed by atoms with van der Waals surface area (Å²) in [6, 6.07) is 6.19. The third-order valence-electron chi connectivity index (χ3n) is 3.13. The van der Waals surface area contributed by atoms with Crippen LogP contribution in [0.5, 0.6) is 0 Å². The summed E-state index contributed by atoms with van der Waals surface area (Å²) < 4.78 is 0. The Morgan fingerprint density at radius 2 is 2.35 bits per heavy atom. The lowest BCUT2D eigenvalue weighted by Crippen LogP contribution is -2.38. The second kappa shape index (κ2) is 6.35. The summed E-state index contributed by atoms with van der Waals surface area (Å²) in [6.45, 7) is 4.54. The molecule has 4 heteroatoms. The number of thioether (sulfide) groups is 1. The van der Waals surface area contributed by atoms with Crippen LogP contribution < -0.4 is 4.90 Å². The molecule has 0 saturated carbocycles. The maximum atomic E-state index is 6.12. The standard InChI is InChI=1S/C13H17BrClNS/c1-2-12-9-16(5-6-17-12)13-7-11(15)4-3-10(13)8-14/h3-4,7,12H,2,5-6,8-9H2,1H3. The van der Waals surface area contributed by atoms with E-state index in [2.05, 4.69) is 51.6 Å². The molecule has 1 nitrogen and oxygen atoms in total. The molecule has 94 valence electrons. The molecule has 0 amide bonds. The van der Waals surface area contributed by atoms with Gasteiger partial charge in [-0.05, 0) is 24.1 Å². The van der Waals surface area contributed by atoms with E-state index in [4.69, 9.17) is 11.6 Å². The fourth-order valence-corrected chi connectivity index (χ4v) is 3.95. The number of hydrogen-bond acceptors (Lipinski definition) is 2. The Labute approximate surface area is 121 Å². The van der Waals surface area contributed by atoms with Crippen molar-refractivity contribution in [2.45, 2.75) is 23.9 Å². The van der Waals surface area contributed by atoms with Crippen molar-refractivity contribution in [3.05, 3.63) is 28.8 Å². The third-order valence-corrected chi connectivity index (χ3v) is 5.34. The van der Waals surface area contributed by atoms with Gasteiger partial charge >= 0.3 is 0 Å². The van der Waals surface area contributed by atoms with Crippen LogP contribution in [-0.2, 0) is 5.33 Å². The molecular weight excluding hydrogens is 318 g/mol. The van der Waals surface area contributed by atoms with Crippen LogP contribution in [0.25, 0.3) is 0 Å². The lowest BCUT2D eigenvalue weighted by atomic mass is 10.1. The van der Waals surface area contributed by atoms with Gasteiger partial charge in [-0.3, -0.25) is 0 Å². The first-order valence-electron chi connectivity index (χ1n) is 5.95. The predicted octanol–water partition coefficient (Wildman–Crippen LogP) is 4.57. The molecule has 17 heavy (non-hydrogen) atoms. The summed E-state index contributed by atoms with van der Waals surface area (Å²) in [5.74, 6) is 1.22. The lowest BCUT2D eigenvalue weighted by molar-refractivity contribution is 0.726. The molecular formula is C13H17BrClNS. The molecule has 1 unspecified atom stereocenters. The molecule has 1 heterocycles. The molecule has 2 rings (SSSR count). The maximum absolute atomic E-state index is 6.12.